The van der Waals surface area contributed by atoms with Crippen LogP contribution in [0.5, 0.6) is 11.5 Å². The summed E-state index contributed by atoms with van der Waals surface area (Å²) in [6.07, 6.45) is 1.40. The van der Waals surface area contributed by atoms with E-state index in [-0.39, 0.29) is 0 Å². The molecular formula is C24H22ClN3O4. The van der Waals surface area contributed by atoms with Crippen molar-refractivity contribution in [1.29, 1.82) is 0 Å². The summed E-state index contributed by atoms with van der Waals surface area (Å²) in [6.45, 7) is 2.24. The van der Waals surface area contributed by atoms with Crippen LogP contribution >= 0.6 is 11.6 Å². The molecule has 0 saturated heterocycles. The number of benzene rings is 3. The van der Waals surface area contributed by atoms with Crippen molar-refractivity contribution in [2.45, 2.75) is 13.5 Å². The van der Waals surface area contributed by atoms with Crippen molar-refractivity contribution < 1.29 is 19.1 Å². The molecule has 3 rings (SSSR count). The number of hydrogen-bond acceptors (Lipinski definition) is 5. The molecule has 0 bridgehead atoms. The fraction of sp³-hybridized carbons (Fsp3) is 0.125. The van der Waals surface area contributed by atoms with Crippen LogP contribution in [-0.2, 0) is 16.2 Å². The van der Waals surface area contributed by atoms with E-state index in [4.69, 9.17) is 21.1 Å². The summed E-state index contributed by atoms with van der Waals surface area (Å²) in [5.41, 5.74) is 5.16. The second kappa shape index (κ2) is 11.0. The van der Waals surface area contributed by atoms with Gasteiger partial charge in [0.25, 0.3) is 0 Å². The minimum Gasteiger partial charge on any atom is -0.493 e. The van der Waals surface area contributed by atoms with Crippen LogP contribution in [0.1, 0.15) is 16.7 Å². The van der Waals surface area contributed by atoms with Gasteiger partial charge >= 0.3 is 11.8 Å². The molecule has 0 aromatic heterocycles. The number of halogens is 1. The summed E-state index contributed by atoms with van der Waals surface area (Å²) in [5.74, 6) is -0.670. The molecule has 0 radical (unpaired) electrons. The van der Waals surface area contributed by atoms with Crippen molar-refractivity contribution in [1.82, 2.24) is 5.43 Å². The summed E-state index contributed by atoms with van der Waals surface area (Å²) in [5, 5.41) is 6.78. The highest BCUT2D eigenvalue weighted by molar-refractivity contribution is 6.39. The molecule has 164 valence electrons. The maximum Gasteiger partial charge on any atom is 0.329 e. The van der Waals surface area contributed by atoms with Crippen LogP contribution in [0.15, 0.2) is 71.8 Å². The largest absolute Gasteiger partial charge is 0.493 e. The van der Waals surface area contributed by atoms with E-state index in [1.165, 1.54) is 13.3 Å². The Hall–Kier alpha value is -3.84. The number of nitrogens with zero attached hydrogens (tertiary/aromatic N) is 1. The number of methoxy groups -OCH3 is 1. The molecule has 0 saturated carbocycles. The molecule has 0 aliphatic rings. The molecule has 0 unspecified atom stereocenters. The first-order chi connectivity index (χ1) is 15.5. The fourth-order valence-electron chi connectivity index (χ4n) is 2.69. The van der Waals surface area contributed by atoms with Gasteiger partial charge in [0.15, 0.2) is 11.5 Å². The Morgan fingerprint density at radius 2 is 1.78 bits per heavy atom. The molecule has 0 heterocycles. The van der Waals surface area contributed by atoms with Gasteiger partial charge in [-0.3, -0.25) is 9.59 Å². The van der Waals surface area contributed by atoms with Crippen LogP contribution in [0.25, 0.3) is 0 Å². The van der Waals surface area contributed by atoms with Gasteiger partial charge in [-0.15, -0.1) is 0 Å². The number of hydrogen-bond donors (Lipinski definition) is 2. The lowest BCUT2D eigenvalue weighted by Gasteiger charge is -2.11. The predicted molar refractivity (Wildman–Crippen MR) is 124 cm³/mol. The number of rotatable bonds is 7. The van der Waals surface area contributed by atoms with E-state index in [9.17, 15) is 9.59 Å². The minimum atomic E-state index is -0.910. The molecule has 2 N–H and O–H groups in total. The maximum atomic E-state index is 12.0. The lowest BCUT2D eigenvalue weighted by Crippen LogP contribution is -2.32. The predicted octanol–water partition coefficient (Wildman–Crippen LogP) is 4.32. The number of hydrazone groups is 1. The Bertz CT molecular complexity index is 1130. The molecule has 7 nitrogen and oxygen atoms in total. The topological polar surface area (TPSA) is 89.0 Å². The molecule has 32 heavy (non-hydrogen) atoms. The van der Waals surface area contributed by atoms with Crippen molar-refractivity contribution in [3.8, 4) is 11.5 Å². The summed E-state index contributed by atoms with van der Waals surface area (Å²) in [7, 11) is 1.54. The van der Waals surface area contributed by atoms with Gasteiger partial charge in [-0.25, -0.2) is 5.43 Å². The second-order valence-corrected chi connectivity index (χ2v) is 7.21. The monoisotopic (exact) mass is 451 g/mol. The van der Waals surface area contributed by atoms with Crippen molar-refractivity contribution in [2.75, 3.05) is 12.4 Å². The number of carbonyl (C=O) groups excluding carboxylic acids is 2. The highest BCUT2D eigenvalue weighted by Crippen LogP contribution is 2.28. The van der Waals surface area contributed by atoms with Crippen LogP contribution in [0, 0.1) is 6.92 Å². The smallest absolute Gasteiger partial charge is 0.329 e. The fourth-order valence-corrected chi connectivity index (χ4v) is 2.87. The van der Waals surface area contributed by atoms with Crippen LogP contribution in [-0.4, -0.2) is 25.1 Å². The van der Waals surface area contributed by atoms with Crippen molar-refractivity contribution in [2.24, 2.45) is 5.10 Å². The van der Waals surface area contributed by atoms with E-state index in [2.05, 4.69) is 15.8 Å². The summed E-state index contributed by atoms with van der Waals surface area (Å²) >= 11 is 6.02. The van der Waals surface area contributed by atoms with Gasteiger partial charge in [-0.05, 0) is 53.9 Å². The van der Waals surface area contributed by atoms with Gasteiger partial charge in [0, 0.05) is 10.7 Å². The lowest BCUT2D eigenvalue weighted by atomic mass is 10.2. The molecule has 0 spiro atoms. The normalized spacial score (nSPS) is 10.6. The molecule has 3 aromatic carbocycles. The molecule has 0 aliphatic carbocycles. The van der Waals surface area contributed by atoms with Crippen molar-refractivity contribution in [3.63, 3.8) is 0 Å². The first-order valence-corrected chi connectivity index (χ1v) is 10.1. The van der Waals surface area contributed by atoms with Crippen LogP contribution in [0.3, 0.4) is 0 Å². The van der Waals surface area contributed by atoms with E-state index in [0.29, 0.717) is 34.4 Å². The minimum absolute atomic E-state index is 0.405. The average Bonchev–Trinajstić information content (AvgIpc) is 2.81. The highest BCUT2D eigenvalue weighted by atomic mass is 35.5. The van der Waals surface area contributed by atoms with Gasteiger partial charge in [0.05, 0.1) is 13.3 Å². The number of carbonyl (C=O) groups is 2. The van der Waals surface area contributed by atoms with Gasteiger partial charge in [-0.2, -0.15) is 5.10 Å². The van der Waals surface area contributed by atoms with E-state index >= 15 is 0 Å². The molecular weight excluding hydrogens is 430 g/mol. The van der Waals surface area contributed by atoms with E-state index in [0.717, 1.165) is 11.1 Å². The first-order valence-electron chi connectivity index (χ1n) is 9.71. The number of ether oxygens (including phenoxy) is 2. The standard InChI is InChI=1S/C24H22ClN3O4/c1-16-8-10-19(13-20(16)25)27-23(29)24(30)28-26-14-18-9-11-21(22(12-18)31-2)32-15-17-6-4-3-5-7-17/h3-14H,15H2,1-2H3,(H,27,29)(H,28,30)/b26-14+. The van der Waals surface area contributed by atoms with Gasteiger partial charge < -0.3 is 14.8 Å². The molecule has 0 fully saturated rings. The van der Waals surface area contributed by atoms with Crippen LogP contribution < -0.4 is 20.2 Å². The number of anilines is 1. The SMILES string of the molecule is COc1cc(/C=N/NC(=O)C(=O)Nc2ccc(C)c(Cl)c2)ccc1OCc1ccccc1. The molecule has 8 heteroatoms. The molecule has 0 atom stereocenters. The molecule has 3 aromatic rings. The number of aryl methyl sites for hydroxylation is 1. The van der Waals surface area contributed by atoms with Crippen LogP contribution in [0.2, 0.25) is 5.02 Å². The van der Waals surface area contributed by atoms with Gasteiger partial charge in [-0.1, -0.05) is 48.0 Å². The molecule has 0 aliphatic heterocycles. The molecule has 2 amide bonds. The average molecular weight is 452 g/mol. The van der Waals surface area contributed by atoms with E-state index in [1.807, 2.05) is 37.3 Å². The van der Waals surface area contributed by atoms with Crippen molar-refractivity contribution in [3.05, 3.63) is 88.4 Å². The number of nitrogens with one attached hydrogen (secondary N) is 2. The van der Waals surface area contributed by atoms with E-state index < -0.39 is 11.8 Å². The summed E-state index contributed by atoms with van der Waals surface area (Å²) in [6, 6.07) is 20.0. The van der Waals surface area contributed by atoms with E-state index in [1.54, 1.807) is 36.4 Å². The summed E-state index contributed by atoms with van der Waals surface area (Å²) in [4.78, 5) is 24.0. The van der Waals surface area contributed by atoms with Crippen molar-refractivity contribution >= 4 is 35.3 Å². The Kier molecular flexibility index (Phi) is 7.83. The van der Waals surface area contributed by atoms with Gasteiger partial charge in [0.2, 0.25) is 0 Å². The lowest BCUT2D eigenvalue weighted by molar-refractivity contribution is -0.136. The zero-order valence-corrected chi connectivity index (χ0v) is 18.3. The quantitative estimate of drug-likeness (QED) is 0.318. The Labute approximate surface area is 191 Å². The third-order valence-electron chi connectivity index (χ3n) is 4.44. The summed E-state index contributed by atoms with van der Waals surface area (Å²) < 4.78 is 11.2. The Morgan fingerprint density at radius 3 is 2.50 bits per heavy atom. The zero-order valence-electron chi connectivity index (χ0n) is 17.6. The third kappa shape index (κ3) is 6.33. The third-order valence-corrected chi connectivity index (χ3v) is 4.85. The first kappa shape index (κ1) is 22.8. The highest BCUT2D eigenvalue weighted by Gasteiger charge is 2.13. The van der Waals surface area contributed by atoms with Gasteiger partial charge in [0.1, 0.15) is 6.61 Å². The zero-order chi connectivity index (χ0) is 22.9. The maximum absolute atomic E-state index is 12.0. The number of amides is 2. The Morgan fingerprint density at radius 1 is 1.00 bits per heavy atom. The second-order valence-electron chi connectivity index (χ2n) is 6.80. The Balaban J connectivity index is 1.56. The van der Waals surface area contributed by atoms with Crippen LogP contribution in [0.4, 0.5) is 5.69 Å².